The summed E-state index contributed by atoms with van der Waals surface area (Å²) >= 11 is 0. The van der Waals surface area contributed by atoms with Crippen molar-refractivity contribution in [2.75, 3.05) is 19.5 Å². The van der Waals surface area contributed by atoms with Gasteiger partial charge in [-0.3, -0.25) is 0 Å². The summed E-state index contributed by atoms with van der Waals surface area (Å²) in [7, 11) is 1.61. The lowest BCUT2D eigenvalue weighted by Gasteiger charge is -2.12. The first-order valence-corrected chi connectivity index (χ1v) is 3.96. The molecule has 0 fully saturated rings. The van der Waals surface area contributed by atoms with E-state index in [2.05, 4.69) is 9.97 Å². The molecule has 1 atom stereocenters. The van der Waals surface area contributed by atoms with Crippen molar-refractivity contribution >= 4 is 5.82 Å². The van der Waals surface area contributed by atoms with E-state index in [1.807, 2.05) is 6.92 Å². The fourth-order valence-electron chi connectivity index (χ4n) is 0.886. The Balaban J connectivity index is 2.58. The first-order valence-electron chi connectivity index (χ1n) is 3.96. The number of nitrogens with zero attached hydrogens (tertiary/aromatic N) is 2. The van der Waals surface area contributed by atoms with Crippen LogP contribution in [0.15, 0.2) is 12.4 Å². The van der Waals surface area contributed by atoms with E-state index >= 15 is 0 Å². The molecule has 0 aromatic carbocycles. The maximum atomic E-state index is 5.53. The molecule has 0 aliphatic rings. The Morgan fingerprint density at radius 3 is 2.77 bits per heavy atom. The summed E-state index contributed by atoms with van der Waals surface area (Å²) in [5.74, 6) is 0.650. The first-order chi connectivity index (χ1) is 6.24. The predicted octanol–water partition coefficient (Wildman–Crippen LogP) is 0.473. The zero-order valence-corrected chi connectivity index (χ0v) is 7.73. The molecule has 0 spiro atoms. The normalized spacial score (nSPS) is 12.5. The Hall–Kier alpha value is -1.36. The largest absolute Gasteiger partial charge is 0.470 e. The van der Waals surface area contributed by atoms with Gasteiger partial charge >= 0.3 is 0 Å². The molecule has 1 aromatic heterocycles. The summed E-state index contributed by atoms with van der Waals surface area (Å²) in [6, 6.07) is 0. The van der Waals surface area contributed by atoms with Crippen molar-refractivity contribution in [1.29, 1.82) is 0 Å². The van der Waals surface area contributed by atoms with Crippen molar-refractivity contribution in [2.24, 2.45) is 0 Å². The molecular weight excluding hydrogens is 170 g/mol. The molecule has 0 aliphatic heterocycles. The molecule has 0 saturated heterocycles. The quantitative estimate of drug-likeness (QED) is 0.734. The second kappa shape index (κ2) is 4.61. The van der Waals surface area contributed by atoms with E-state index in [-0.39, 0.29) is 6.10 Å². The third-order valence-electron chi connectivity index (χ3n) is 1.41. The predicted molar refractivity (Wildman–Crippen MR) is 48.4 cm³/mol. The Kier molecular flexibility index (Phi) is 3.45. The van der Waals surface area contributed by atoms with Gasteiger partial charge < -0.3 is 15.2 Å². The van der Waals surface area contributed by atoms with Gasteiger partial charge in [-0.15, -0.1) is 0 Å². The van der Waals surface area contributed by atoms with Crippen LogP contribution in [0.4, 0.5) is 5.82 Å². The van der Waals surface area contributed by atoms with E-state index in [1.165, 1.54) is 12.4 Å². The van der Waals surface area contributed by atoms with E-state index < -0.39 is 0 Å². The highest BCUT2D eigenvalue weighted by atomic mass is 16.5. The van der Waals surface area contributed by atoms with Gasteiger partial charge in [0.05, 0.1) is 6.61 Å². The molecule has 2 N–H and O–H groups in total. The van der Waals surface area contributed by atoms with Gasteiger partial charge in [0.15, 0.2) is 5.82 Å². The van der Waals surface area contributed by atoms with E-state index in [9.17, 15) is 0 Å². The molecule has 1 aromatic rings. The molecule has 5 nitrogen and oxygen atoms in total. The van der Waals surface area contributed by atoms with Crippen molar-refractivity contribution in [3.05, 3.63) is 12.4 Å². The van der Waals surface area contributed by atoms with Gasteiger partial charge in [0, 0.05) is 19.5 Å². The number of anilines is 1. The number of rotatable bonds is 4. The Bertz CT molecular complexity index is 267. The van der Waals surface area contributed by atoms with Gasteiger partial charge in [0.2, 0.25) is 0 Å². The highest BCUT2D eigenvalue weighted by Gasteiger charge is 2.07. The summed E-state index contributed by atoms with van der Waals surface area (Å²) in [5.41, 5.74) is 5.53. The number of aromatic nitrogens is 2. The third kappa shape index (κ3) is 2.87. The molecule has 1 rings (SSSR count). The van der Waals surface area contributed by atoms with Gasteiger partial charge in [-0.2, -0.15) is 0 Å². The summed E-state index contributed by atoms with van der Waals surface area (Å²) in [5, 5.41) is 0. The summed E-state index contributed by atoms with van der Waals surface area (Å²) in [6.07, 6.45) is 2.97. The minimum absolute atomic E-state index is 0.0796. The standard InChI is InChI=1S/C8H13N3O2/c1-6(5-12-2)13-8-7(9)10-3-4-11-8/h3-4,6H,5H2,1-2H3,(H2,9,10). The number of nitrogens with two attached hydrogens (primary N) is 1. The van der Waals surface area contributed by atoms with Crippen molar-refractivity contribution < 1.29 is 9.47 Å². The van der Waals surface area contributed by atoms with E-state index in [0.29, 0.717) is 18.3 Å². The van der Waals surface area contributed by atoms with Crippen LogP contribution in [-0.4, -0.2) is 29.8 Å². The van der Waals surface area contributed by atoms with Crippen LogP contribution in [0.3, 0.4) is 0 Å². The van der Waals surface area contributed by atoms with Gasteiger partial charge in [0.25, 0.3) is 5.88 Å². The minimum atomic E-state index is -0.0796. The lowest BCUT2D eigenvalue weighted by Crippen LogP contribution is -2.19. The zero-order valence-electron chi connectivity index (χ0n) is 7.73. The van der Waals surface area contributed by atoms with Crippen LogP contribution in [0.1, 0.15) is 6.92 Å². The van der Waals surface area contributed by atoms with Gasteiger partial charge in [-0.05, 0) is 6.92 Å². The summed E-state index contributed by atoms with van der Waals surface area (Å²) in [6.45, 7) is 2.37. The average molecular weight is 183 g/mol. The third-order valence-corrected chi connectivity index (χ3v) is 1.41. The molecular formula is C8H13N3O2. The van der Waals surface area contributed by atoms with Crippen LogP contribution in [0.2, 0.25) is 0 Å². The molecule has 13 heavy (non-hydrogen) atoms. The molecule has 5 heteroatoms. The molecule has 1 unspecified atom stereocenters. The maximum absolute atomic E-state index is 5.53. The van der Waals surface area contributed by atoms with Crippen LogP contribution >= 0.6 is 0 Å². The highest BCUT2D eigenvalue weighted by Crippen LogP contribution is 2.14. The Labute approximate surface area is 76.9 Å². The first kappa shape index (κ1) is 9.73. The van der Waals surface area contributed by atoms with Gasteiger partial charge in [-0.25, -0.2) is 9.97 Å². The van der Waals surface area contributed by atoms with Crippen LogP contribution in [0.5, 0.6) is 5.88 Å². The number of methoxy groups -OCH3 is 1. The maximum Gasteiger partial charge on any atom is 0.257 e. The average Bonchev–Trinajstić information content (AvgIpc) is 2.09. The van der Waals surface area contributed by atoms with E-state index in [4.69, 9.17) is 15.2 Å². The SMILES string of the molecule is COCC(C)Oc1nccnc1N. The van der Waals surface area contributed by atoms with E-state index in [1.54, 1.807) is 7.11 Å². The second-order valence-corrected chi connectivity index (χ2v) is 2.63. The zero-order chi connectivity index (χ0) is 9.68. The van der Waals surface area contributed by atoms with Gasteiger partial charge in [0.1, 0.15) is 6.10 Å². The van der Waals surface area contributed by atoms with E-state index in [0.717, 1.165) is 0 Å². The number of hydrogen-bond donors (Lipinski definition) is 1. The highest BCUT2D eigenvalue weighted by molar-refractivity contribution is 5.38. The molecule has 1 heterocycles. The Morgan fingerprint density at radius 1 is 1.46 bits per heavy atom. The molecule has 0 amide bonds. The molecule has 0 bridgehead atoms. The number of hydrogen-bond acceptors (Lipinski definition) is 5. The molecule has 0 aliphatic carbocycles. The second-order valence-electron chi connectivity index (χ2n) is 2.63. The van der Waals surface area contributed by atoms with Crippen molar-refractivity contribution in [1.82, 2.24) is 9.97 Å². The van der Waals surface area contributed by atoms with Gasteiger partial charge in [-0.1, -0.05) is 0 Å². The molecule has 72 valence electrons. The lowest BCUT2D eigenvalue weighted by molar-refractivity contribution is 0.0893. The fourth-order valence-corrected chi connectivity index (χ4v) is 0.886. The van der Waals surface area contributed by atoms with Crippen molar-refractivity contribution in [3.8, 4) is 5.88 Å². The van der Waals surface area contributed by atoms with Crippen molar-refractivity contribution in [3.63, 3.8) is 0 Å². The van der Waals surface area contributed by atoms with Crippen LogP contribution in [0.25, 0.3) is 0 Å². The van der Waals surface area contributed by atoms with Crippen molar-refractivity contribution in [2.45, 2.75) is 13.0 Å². The molecule has 0 radical (unpaired) electrons. The molecule has 0 saturated carbocycles. The summed E-state index contributed by atoms with van der Waals surface area (Å²) in [4.78, 5) is 7.78. The monoisotopic (exact) mass is 183 g/mol. The smallest absolute Gasteiger partial charge is 0.257 e. The van der Waals surface area contributed by atoms with Crippen LogP contribution in [-0.2, 0) is 4.74 Å². The fraction of sp³-hybridized carbons (Fsp3) is 0.500. The lowest BCUT2D eigenvalue weighted by atomic mass is 10.4. The van der Waals surface area contributed by atoms with Crippen LogP contribution in [0, 0.1) is 0 Å². The Morgan fingerprint density at radius 2 is 2.15 bits per heavy atom. The minimum Gasteiger partial charge on any atom is -0.470 e. The summed E-state index contributed by atoms with van der Waals surface area (Å²) < 4.78 is 10.3. The number of nitrogen functional groups attached to an aromatic ring is 1. The number of ether oxygens (including phenoxy) is 2. The topological polar surface area (TPSA) is 70.3 Å². The van der Waals surface area contributed by atoms with Crippen LogP contribution < -0.4 is 10.5 Å².